The van der Waals surface area contributed by atoms with Gasteiger partial charge < -0.3 is 5.32 Å². The van der Waals surface area contributed by atoms with E-state index in [9.17, 15) is 4.79 Å². The molecule has 0 bridgehead atoms. The van der Waals surface area contributed by atoms with Crippen LogP contribution in [0, 0.1) is 13.8 Å². The van der Waals surface area contributed by atoms with Crippen LogP contribution in [0.2, 0.25) is 0 Å². The zero-order chi connectivity index (χ0) is 13.8. The molecule has 0 aromatic heterocycles. The third-order valence-electron chi connectivity index (χ3n) is 4.03. The van der Waals surface area contributed by atoms with E-state index >= 15 is 0 Å². The standard InChI is InChI=1S/C16H24N2O/c1-12-7-6-8-13(2)16(12)17-15(19)11-18-10-5-4-9-14(18)3/h6-8,14H,4-5,9-11H2,1-3H3,(H,17,19). The number of piperidine rings is 1. The van der Waals surface area contributed by atoms with Gasteiger partial charge in [-0.3, -0.25) is 9.69 Å². The molecule has 1 atom stereocenters. The van der Waals surface area contributed by atoms with Gasteiger partial charge in [-0.05, 0) is 51.3 Å². The fraction of sp³-hybridized carbons (Fsp3) is 0.562. The third kappa shape index (κ3) is 3.57. The molecule has 2 rings (SSSR count). The molecule has 1 heterocycles. The number of carbonyl (C=O) groups excluding carboxylic acids is 1. The molecule has 0 saturated carbocycles. The minimum absolute atomic E-state index is 0.103. The lowest BCUT2D eigenvalue weighted by Crippen LogP contribution is -2.42. The summed E-state index contributed by atoms with van der Waals surface area (Å²) in [5.74, 6) is 0.103. The molecule has 1 amide bonds. The molecule has 104 valence electrons. The summed E-state index contributed by atoms with van der Waals surface area (Å²) in [5, 5.41) is 3.07. The number of carbonyl (C=O) groups is 1. The number of anilines is 1. The highest BCUT2D eigenvalue weighted by Crippen LogP contribution is 2.20. The molecule has 0 spiro atoms. The number of amides is 1. The average Bonchev–Trinajstić information content (AvgIpc) is 2.37. The molecule has 19 heavy (non-hydrogen) atoms. The number of aryl methyl sites for hydroxylation is 2. The van der Waals surface area contributed by atoms with Crippen molar-refractivity contribution in [3.05, 3.63) is 29.3 Å². The van der Waals surface area contributed by atoms with E-state index in [4.69, 9.17) is 0 Å². The topological polar surface area (TPSA) is 32.3 Å². The van der Waals surface area contributed by atoms with Crippen LogP contribution in [-0.2, 0) is 4.79 Å². The van der Waals surface area contributed by atoms with Crippen LogP contribution in [0.15, 0.2) is 18.2 Å². The van der Waals surface area contributed by atoms with Crippen molar-refractivity contribution >= 4 is 11.6 Å². The third-order valence-corrected chi connectivity index (χ3v) is 4.03. The summed E-state index contributed by atoms with van der Waals surface area (Å²) in [6.07, 6.45) is 3.70. The quantitative estimate of drug-likeness (QED) is 0.905. The molecule has 1 aromatic rings. The summed E-state index contributed by atoms with van der Waals surface area (Å²) < 4.78 is 0. The van der Waals surface area contributed by atoms with Crippen LogP contribution in [0.5, 0.6) is 0 Å². The first-order valence-corrected chi connectivity index (χ1v) is 7.18. The maximum atomic E-state index is 12.2. The smallest absolute Gasteiger partial charge is 0.238 e. The molecule has 1 aromatic carbocycles. The van der Waals surface area contributed by atoms with Crippen molar-refractivity contribution in [1.29, 1.82) is 0 Å². The second-order valence-corrected chi connectivity index (χ2v) is 5.63. The summed E-state index contributed by atoms with van der Waals surface area (Å²) in [6.45, 7) is 7.83. The van der Waals surface area contributed by atoms with E-state index < -0.39 is 0 Å². The van der Waals surface area contributed by atoms with Crippen LogP contribution in [0.4, 0.5) is 5.69 Å². The first kappa shape index (κ1) is 14.1. The van der Waals surface area contributed by atoms with E-state index in [1.54, 1.807) is 0 Å². The number of para-hydroxylation sites is 1. The van der Waals surface area contributed by atoms with Crippen LogP contribution in [0.3, 0.4) is 0 Å². The van der Waals surface area contributed by atoms with Crippen LogP contribution in [0.25, 0.3) is 0 Å². The van der Waals surface area contributed by atoms with Gasteiger partial charge in [0.25, 0.3) is 0 Å². The first-order chi connectivity index (χ1) is 9.08. The van der Waals surface area contributed by atoms with E-state index in [0.717, 1.165) is 23.4 Å². The summed E-state index contributed by atoms with van der Waals surface area (Å²) in [5.41, 5.74) is 3.22. The predicted molar refractivity (Wildman–Crippen MR) is 79.4 cm³/mol. The number of rotatable bonds is 3. The van der Waals surface area contributed by atoms with Gasteiger partial charge in [0.2, 0.25) is 5.91 Å². The van der Waals surface area contributed by atoms with Gasteiger partial charge in [-0.1, -0.05) is 24.6 Å². The van der Waals surface area contributed by atoms with Gasteiger partial charge in [0.15, 0.2) is 0 Å². The maximum Gasteiger partial charge on any atom is 0.238 e. The average molecular weight is 260 g/mol. The minimum Gasteiger partial charge on any atom is -0.324 e. The highest BCUT2D eigenvalue weighted by Gasteiger charge is 2.20. The largest absolute Gasteiger partial charge is 0.324 e. The number of benzene rings is 1. The molecular formula is C16H24N2O. The molecule has 3 heteroatoms. The Morgan fingerprint density at radius 3 is 2.63 bits per heavy atom. The molecular weight excluding hydrogens is 236 g/mol. The number of nitrogens with one attached hydrogen (secondary N) is 1. The second-order valence-electron chi connectivity index (χ2n) is 5.63. The minimum atomic E-state index is 0.103. The Balaban J connectivity index is 1.97. The van der Waals surface area contributed by atoms with Gasteiger partial charge in [-0.15, -0.1) is 0 Å². The molecule has 1 aliphatic heterocycles. The van der Waals surface area contributed by atoms with Crippen LogP contribution in [0.1, 0.15) is 37.3 Å². The zero-order valence-electron chi connectivity index (χ0n) is 12.2. The lowest BCUT2D eigenvalue weighted by molar-refractivity contribution is -0.118. The molecule has 3 nitrogen and oxygen atoms in total. The van der Waals surface area contributed by atoms with Gasteiger partial charge in [-0.25, -0.2) is 0 Å². The Morgan fingerprint density at radius 1 is 1.32 bits per heavy atom. The zero-order valence-corrected chi connectivity index (χ0v) is 12.2. The normalized spacial score (nSPS) is 20.3. The van der Waals surface area contributed by atoms with Gasteiger partial charge in [0, 0.05) is 11.7 Å². The molecule has 1 fully saturated rings. The number of hydrogen-bond acceptors (Lipinski definition) is 2. The Morgan fingerprint density at radius 2 is 2.00 bits per heavy atom. The van der Waals surface area contributed by atoms with Crippen molar-refractivity contribution in [2.24, 2.45) is 0 Å². The molecule has 0 radical (unpaired) electrons. The molecule has 1 aliphatic rings. The fourth-order valence-electron chi connectivity index (χ4n) is 2.77. The monoisotopic (exact) mass is 260 g/mol. The van der Waals surface area contributed by atoms with Gasteiger partial charge >= 0.3 is 0 Å². The molecule has 1 N–H and O–H groups in total. The van der Waals surface area contributed by atoms with Crippen molar-refractivity contribution < 1.29 is 4.79 Å². The van der Waals surface area contributed by atoms with Gasteiger partial charge in [0.05, 0.1) is 6.54 Å². The van der Waals surface area contributed by atoms with Crippen molar-refractivity contribution in [3.63, 3.8) is 0 Å². The van der Waals surface area contributed by atoms with E-state index in [-0.39, 0.29) is 5.91 Å². The Hall–Kier alpha value is -1.35. The lowest BCUT2D eigenvalue weighted by atomic mass is 10.0. The SMILES string of the molecule is Cc1cccc(C)c1NC(=O)CN1CCCCC1C. The Kier molecular flexibility index (Phi) is 4.59. The van der Waals surface area contributed by atoms with E-state index in [1.165, 1.54) is 19.3 Å². The van der Waals surface area contributed by atoms with Crippen LogP contribution in [-0.4, -0.2) is 29.9 Å². The van der Waals surface area contributed by atoms with Crippen LogP contribution >= 0.6 is 0 Å². The lowest BCUT2D eigenvalue weighted by Gasteiger charge is -2.32. The first-order valence-electron chi connectivity index (χ1n) is 7.18. The summed E-state index contributed by atoms with van der Waals surface area (Å²) in [6, 6.07) is 6.61. The molecule has 1 unspecified atom stereocenters. The highest BCUT2D eigenvalue weighted by atomic mass is 16.2. The van der Waals surface area contributed by atoms with Crippen molar-refractivity contribution in [2.45, 2.75) is 46.1 Å². The summed E-state index contributed by atoms with van der Waals surface area (Å²) >= 11 is 0. The van der Waals surface area contributed by atoms with Crippen LogP contribution < -0.4 is 5.32 Å². The van der Waals surface area contributed by atoms with Crippen molar-refractivity contribution in [3.8, 4) is 0 Å². The maximum absolute atomic E-state index is 12.2. The summed E-state index contributed by atoms with van der Waals surface area (Å²) in [7, 11) is 0. The number of likely N-dealkylation sites (tertiary alicyclic amines) is 1. The molecule has 1 saturated heterocycles. The number of hydrogen-bond donors (Lipinski definition) is 1. The van der Waals surface area contributed by atoms with E-state index in [0.29, 0.717) is 12.6 Å². The van der Waals surface area contributed by atoms with E-state index in [2.05, 4.69) is 17.1 Å². The van der Waals surface area contributed by atoms with Crippen molar-refractivity contribution in [2.75, 3.05) is 18.4 Å². The summed E-state index contributed by atoms with van der Waals surface area (Å²) in [4.78, 5) is 14.5. The number of nitrogens with zero attached hydrogens (tertiary/aromatic N) is 1. The highest BCUT2D eigenvalue weighted by molar-refractivity contribution is 5.93. The van der Waals surface area contributed by atoms with Gasteiger partial charge in [-0.2, -0.15) is 0 Å². The molecule has 0 aliphatic carbocycles. The predicted octanol–water partition coefficient (Wildman–Crippen LogP) is 3.12. The van der Waals surface area contributed by atoms with E-state index in [1.807, 2.05) is 32.0 Å². The van der Waals surface area contributed by atoms with Crippen molar-refractivity contribution in [1.82, 2.24) is 4.90 Å². The fourth-order valence-corrected chi connectivity index (χ4v) is 2.77. The Labute approximate surface area is 116 Å². The Bertz CT molecular complexity index is 436. The second kappa shape index (κ2) is 6.20. The van der Waals surface area contributed by atoms with Gasteiger partial charge in [0.1, 0.15) is 0 Å².